The van der Waals surface area contributed by atoms with Gasteiger partial charge in [0.15, 0.2) is 5.69 Å². The molecule has 1 heterocycles. The van der Waals surface area contributed by atoms with Crippen molar-refractivity contribution < 1.29 is 13.6 Å². The normalized spacial score (nSPS) is 10.7. The van der Waals surface area contributed by atoms with Gasteiger partial charge in [0.25, 0.3) is 5.91 Å². The maximum atomic E-state index is 14.1. The predicted octanol–water partition coefficient (Wildman–Crippen LogP) is 3.38. The van der Waals surface area contributed by atoms with Crippen molar-refractivity contribution in [1.82, 2.24) is 15.5 Å². The van der Waals surface area contributed by atoms with E-state index in [0.717, 1.165) is 0 Å². The van der Waals surface area contributed by atoms with Gasteiger partial charge < -0.3 is 10.6 Å². The summed E-state index contributed by atoms with van der Waals surface area (Å²) in [6.45, 7) is 0. The van der Waals surface area contributed by atoms with Gasteiger partial charge in [-0.2, -0.15) is 0 Å². The third-order valence-corrected chi connectivity index (χ3v) is 4.32. The van der Waals surface area contributed by atoms with Gasteiger partial charge in [-0.05, 0) is 48.2 Å². The monoisotopic (exact) mass is 382 g/mol. The van der Waals surface area contributed by atoms with Gasteiger partial charge in [0.1, 0.15) is 17.5 Å². The molecule has 144 valence electrons. The molecule has 0 atom stereocenters. The van der Waals surface area contributed by atoms with Gasteiger partial charge in [-0.3, -0.25) is 4.79 Å². The topological polar surface area (TPSA) is 66.9 Å². The van der Waals surface area contributed by atoms with Crippen LogP contribution in [-0.2, 0) is 12.8 Å². The second kappa shape index (κ2) is 9.03. The molecule has 7 heteroatoms. The highest BCUT2D eigenvalue weighted by molar-refractivity contribution is 5.91. The third-order valence-electron chi connectivity index (χ3n) is 4.32. The Hall–Kier alpha value is -3.35. The number of rotatable bonds is 7. The Balaban J connectivity index is 1.82. The first kappa shape index (κ1) is 19.4. The van der Waals surface area contributed by atoms with Gasteiger partial charge in [-0.15, -0.1) is 10.2 Å². The lowest BCUT2D eigenvalue weighted by Crippen LogP contribution is -2.27. The fraction of sp³-hybridized carbons (Fsp3) is 0.190. The molecule has 0 radical (unpaired) electrons. The number of hydrogen-bond acceptors (Lipinski definition) is 4. The summed E-state index contributed by atoms with van der Waals surface area (Å²) in [7, 11) is 1.51. The number of amides is 1. The van der Waals surface area contributed by atoms with Crippen molar-refractivity contribution in [2.24, 2.45) is 0 Å². The van der Waals surface area contributed by atoms with Crippen molar-refractivity contribution >= 4 is 11.7 Å². The molecule has 0 saturated heterocycles. The number of aromatic nitrogens is 2. The lowest BCUT2D eigenvalue weighted by atomic mass is 9.98. The largest absolute Gasteiger partial charge is 0.365 e. The number of nitrogens with one attached hydrogen (secondary N) is 2. The molecule has 3 aromatic rings. The van der Waals surface area contributed by atoms with Crippen molar-refractivity contribution in [3.8, 4) is 0 Å². The molecule has 2 aromatic carbocycles. The summed E-state index contributed by atoms with van der Waals surface area (Å²) in [5, 5.41) is 13.5. The van der Waals surface area contributed by atoms with Crippen molar-refractivity contribution in [1.29, 1.82) is 0 Å². The Bertz CT molecular complexity index is 900. The number of nitrogens with zero attached hydrogens (tertiary/aromatic N) is 2. The summed E-state index contributed by atoms with van der Waals surface area (Å²) in [4.78, 5) is 11.6. The molecule has 0 bridgehead atoms. The standard InChI is InChI=1S/C21H20F2N4O/c1-24-21(28)19-10-11-20(27-26-19)25-16(12-14-6-2-4-8-17(14)22)13-15-7-3-5-9-18(15)23/h2-11,16H,12-13H2,1H3,(H,24,28)(H,25,27). The quantitative estimate of drug-likeness (QED) is 0.657. The van der Waals surface area contributed by atoms with E-state index in [1.165, 1.54) is 25.2 Å². The summed E-state index contributed by atoms with van der Waals surface area (Å²) >= 11 is 0. The van der Waals surface area contributed by atoms with E-state index in [1.807, 2.05) is 0 Å². The lowest BCUT2D eigenvalue weighted by molar-refractivity contribution is 0.0957. The smallest absolute Gasteiger partial charge is 0.271 e. The van der Waals surface area contributed by atoms with Crippen molar-refractivity contribution in [3.63, 3.8) is 0 Å². The molecule has 5 nitrogen and oxygen atoms in total. The molecule has 0 aliphatic heterocycles. The first-order chi connectivity index (χ1) is 13.6. The highest BCUT2D eigenvalue weighted by atomic mass is 19.1. The summed E-state index contributed by atoms with van der Waals surface area (Å²) in [6, 6.07) is 15.8. The minimum atomic E-state index is -0.340. The number of halogens is 2. The van der Waals surface area contributed by atoms with E-state index >= 15 is 0 Å². The van der Waals surface area contributed by atoms with Crippen LogP contribution >= 0.6 is 0 Å². The van der Waals surface area contributed by atoms with Crippen LogP contribution < -0.4 is 10.6 Å². The van der Waals surface area contributed by atoms with E-state index in [1.54, 1.807) is 42.5 Å². The Morgan fingerprint density at radius 2 is 1.46 bits per heavy atom. The molecule has 0 unspecified atom stereocenters. The minimum absolute atomic E-state index is 0.188. The first-order valence-electron chi connectivity index (χ1n) is 8.86. The van der Waals surface area contributed by atoms with Gasteiger partial charge in [0, 0.05) is 13.1 Å². The average molecular weight is 382 g/mol. The van der Waals surface area contributed by atoms with Gasteiger partial charge in [-0.25, -0.2) is 8.78 Å². The van der Waals surface area contributed by atoms with Gasteiger partial charge in [-0.1, -0.05) is 36.4 Å². The van der Waals surface area contributed by atoms with E-state index in [0.29, 0.717) is 29.8 Å². The summed E-state index contributed by atoms with van der Waals surface area (Å²) in [5.74, 6) is -0.550. The molecule has 28 heavy (non-hydrogen) atoms. The van der Waals surface area contributed by atoms with Crippen LogP contribution in [-0.4, -0.2) is 29.2 Å². The predicted molar refractivity (Wildman–Crippen MR) is 103 cm³/mol. The highest BCUT2D eigenvalue weighted by Crippen LogP contribution is 2.17. The zero-order valence-electron chi connectivity index (χ0n) is 15.3. The van der Waals surface area contributed by atoms with Crippen molar-refractivity contribution in [2.45, 2.75) is 18.9 Å². The van der Waals surface area contributed by atoms with Crippen LogP contribution in [0.5, 0.6) is 0 Å². The fourth-order valence-corrected chi connectivity index (χ4v) is 2.90. The van der Waals surface area contributed by atoms with E-state index in [9.17, 15) is 13.6 Å². The highest BCUT2D eigenvalue weighted by Gasteiger charge is 2.16. The number of benzene rings is 2. The summed E-state index contributed by atoms with van der Waals surface area (Å²) in [5.41, 5.74) is 1.23. The number of hydrogen-bond donors (Lipinski definition) is 2. The summed E-state index contributed by atoms with van der Waals surface area (Å²) in [6.07, 6.45) is 0.666. The SMILES string of the molecule is CNC(=O)c1ccc(NC(Cc2ccccc2F)Cc2ccccc2F)nn1. The van der Waals surface area contributed by atoms with E-state index < -0.39 is 0 Å². The zero-order chi connectivity index (χ0) is 19.9. The Morgan fingerprint density at radius 1 is 0.893 bits per heavy atom. The molecule has 0 saturated carbocycles. The Labute approximate surface area is 161 Å². The second-order valence-electron chi connectivity index (χ2n) is 6.32. The van der Waals surface area contributed by atoms with Crippen LogP contribution in [0.3, 0.4) is 0 Å². The molecule has 1 amide bonds. The molecule has 3 rings (SSSR count). The van der Waals surface area contributed by atoms with Crippen LogP contribution in [0.1, 0.15) is 21.6 Å². The number of carbonyl (C=O) groups excluding carboxylic acids is 1. The van der Waals surface area contributed by atoms with E-state index in [4.69, 9.17) is 0 Å². The molecule has 0 spiro atoms. The number of anilines is 1. The Kier molecular flexibility index (Phi) is 6.26. The van der Waals surface area contributed by atoms with E-state index in [2.05, 4.69) is 20.8 Å². The van der Waals surface area contributed by atoms with Crippen LogP contribution in [0.2, 0.25) is 0 Å². The average Bonchev–Trinajstić information content (AvgIpc) is 2.71. The molecular weight excluding hydrogens is 362 g/mol. The van der Waals surface area contributed by atoms with Gasteiger partial charge in [0.05, 0.1) is 0 Å². The van der Waals surface area contributed by atoms with Crippen molar-refractivity contribution in [3.05, 3.63) is 89.1 Å². The second-order valence-corrected chi connectivity index (χ2v) is 6.32. The van der Waals surface area contributed by atoms with Crippen LogP contribution in [0.15, 0.2) is 60.7 Å². The van der Waals surface area contributed by atoms with E-state index in [-0.39, 0.29) is 29.3 Å². The van der Waals surface area contributed by atoms with Gasteiger partial charge >= 0.3 is 0 Å². The molecule has 0 aliphatic rings. The summed E-state index contributed by atoms with van der Waals surface area (Å²) < 4.78 is 28.2. The zero-order valence-corrected chi connectivity index (χ0v) is 15.3. The molecule has 2 N–H and O–H groups in total. The fourth-order valence-electron chi connectivity index (χ4n) is 2.90. The van der Waals surface area contributed by atoms with Crippen LogP contribution in [0, 0.1) is 11.6 Å². The molecule has 0 aliphatic carbocycles. The van der Waals surface area contributed by atoms with Crippen LogP contribution in [0.4, 0.5) is 14.6 Å². The number of carbonyl (C=O) groups is 1. The van der Waals surface area contributed by atoms with Crippen molar-refractivity contribution in [2.75, 3.05) is 12.4 Å². The maximum Gasteiger partial charge on any atom is 0.271 e. The Morgan fingerprint density at radius 3 is 1.93 bits per heavy atom. The van der Waals surface area contributed by atoms with Crippen LogP contribution in [0.25, 0.3) is 0 Å². The molecular formula is C21H20F2N4O. The third kappa shape index (κ3) is 4.88. The molecule has 0 fully saturated rings. The maximum absolute atomic E-state index is 14.1. The lowest BCUT2D eigenvalue weighted by Gasteiger charge is -2.20. The molecule has 1 aromatic heterocycles. The van der Waals surface area contributed by atoms with Gasteiger partial charge in [0.2, 0.25) is 0 Å². The first-order valence-corrected chi connectivity index (χ1v) is 8.86. The minimum Gasteiger partial charge on any atom is -0.365 e.